The second kappa shape index (κ2) is 13.0. The van der Waals surface area contributed by atoms with Gasteiger partial charge in [-0.05, 0) is 64.1 Å². The van der Waals surface area contributed by atoms with Gasteiger partial charge in [0, 0.05) is 0 Å². The van der Waals surface area contributed by atoms with E-state index in [0.717, 1.165) is 16.7 Å². The molecule has 6 rings (SSSR count). The molecule has 0 amide bonds. The van der Waals surface area contributed by atoms with Gasteiger partial charge in [0.15, 0.2) is 23.6 Å². The molecule has 0 spiro atoms. The number of aromatic nitrogens is 4. The number of nitrogens with one attached hydrogen (secondary N) is 1. The lowest BCUT2D eigenvalue weighted by Gasteiger charge is -2.34. The van der Waals surface area contributed by atoms with Crippen LogP contribution in [0.15, 0.2) is 79.0 Å². The summed E-state index contributed by atoms with van der Waals surface area (Å²) in [7, 11) is 0. The van der Waals surface area contributed by atoms with Crippen LogP contribution in [-0.2, 0) is 18.9 Å². The number of esters is 3. The molecule has 3 heterocycles. The van der Waals surface area contributed by atoms with Crippen LogP contribution in [0.4, 0.5) is 5.95 Å². The number of nitrogens with two attached hydrogens (primary N) is 1. The molecule has 0 bridgehead atoms. The summed E-state index contributed by atoms with van der Waals surface area (Å²) < 4.78 is 26.2. The number of carbonyl (C=O) groups excluding carboxylic acids is 3. The first-order valence-electron chi connectivity index (χ1n) is 15.1. The summed E-state index contributed by atoms with van der Waals surface area (Å²) in [6.07, 6.45) is -2.13. The Balaban J connectivity index is 1.43. The van der Waals surface area contributed by atoms with E-state index in [4.69, 9.17) is 36.9 Å². The number of H-pyrrole nitrogens is 1. The van der Waals surface area contributed by atoms with E-state index in [1.807, 2.05) is 20.8 Å². The maximum Gasteiger partial charge on any atom is 0.338 e. The fourth-order valence-electron chi connectivity index (χ4n) is 5.51. The Kier molecular flexibility index (Phi) is 8.82. The summed E-state index contributed by atoms with van der Waals surface area (Å²) in [5, 5.41) is 4.34. The van der Waals surface area contributed by atoms with E-state index in [-0.39, 0.29) is 34.1 Å². The first kappa shape index (κ1) is 32.5. The van der Waals surface area contributed by atoms with Gasteiger partial charge in [0.05, 0.1) is 22.9 Å². The number of benzene rings is 3. The molecule has 0 aliphatic carbocycles. The Morgan fingerprint density at radius 1 is 0.875 bits per heavy atom. The summed E-state index contributed by atoms with van der Waals surface area (Å²) in [4.78, 5) is 47.8. The molecule has 1 fully saturated rings. The molecule has 12 nitrogen and oxygen atoms in total. The number of ether oxygens (including phenoxy) is 4. The summed E-state index contributed by atoms with van der Waals surface area (Å²) in [6, 6.07) is 20.5. The average Bonchev–Trinajstić information content (AvgIpc) is 3.59. The number of imidazole rings is 1. The van der Waals surface area contributed by atoms with E-state index in [1.165, 1.54) is 10.7 Å². The van der Waals surface area contributed by atoms with E-state index in [0.29, 0.717) is 11.1 Å². The predicted molar refractivity (Wildman–Crippen MR) is 177 cm³/mol. The monoisotopic (exact) mass is 667 g/mol. The van der Waals surface area contributed by atoms with Crippen molar-refractivity contribution in [1.29, 1.82) is 0 Å². The van der Waals surface area contributed by atoms with Crippen LogP contribution >= 0.6 is 12.2 Å². The van der Waals surface area contributed by atoms with Gasteiger partial charge in [-0.3, -0.25) is 0 Å². The summed E-state index contributed by atoms with van der Waals surface area (Å²) in [5.74, 6) is -1.84. The first-order valence-corrected chi connectivity index (χ1v) is 15.5. The van der Waals surface area contributed by atoms with E-state index in [9.17, 15) is 14.4 Å². The predicted octanol–water partition coefficient (Wildman–Crippen LogP) is 5.43. The number of carbonyl (C=O) groups is 3. The standard InChI is InChI=1S/C35H33N5O7S/c1-19-5-11-22(12-6-19)31(41)44-18-26-27(46-32(42)23-13-7-20(2)8-14-23)35(4,47-33(43)24-15-9-21(3)10-16-24)28(45-26)29-37-17-25-30(48)38-34(36)39-40(25)29/h5-17,26-28H,18H2,1-4H3,(H3,36,38,39,48)/t26-,27-,28+,35-/m1/s1. The van der Waals surface area contributed by atoms with Gasteiger partial charge < -0.3 is 29.7 Å². The fourth-order valence-corrected chi connectivity index (χ4v) is 5.76. The zero-order chi connectivity index (χ0) is 34.2. The summed E-state index contributed by atoms with van der Waals surface area (Å²) >= 11 is 5.43. The average molecular weight is 668 g/mol. The van der Waals surface area contributed by atoms with Crippen molar-refractivity contribution < 1.29 is 33.3 Å². The third-order valence-corrected chi connectivity index (χ3v) is 8.51. The number of hydrogen-bond donors (Lipinski definition) is 2. The van der Waals surface area contributed by atoms with Crippen LogP contribution < -0.4 is 5.73 Å². The number of nitrogens with zero attached hydrogens (tertiary/aromatic N) is 3. The number of rotatable bonds is 8. The van der Waals surface area contributed by atoms with Crippen LogP contribution in [0, 0.1) is 25.4 Å². The zero-order valence-electron chi connectivity index (χ0n) is 26.6. The van der Waals surface area contributed by atoms with Crippen LogP contribution in [0.5, 0.6) is 0 Å². The molecule has 4 atom stereocenters. The van der Waals surface area contributed by atoms with Crippen molar-refractivity contribution in [2.75, 3.05) is 12.3 Å². The highest BCUT2D eigenvalue weighted by Crippen LogP contribution is 2.46. The normalized spacial score (nSPS) is 20.4. The molecule has 1 saturated heterocycles. The Labute approximate surface area is 280 Å². The Morgan fingerprint density at radius 2 is 1.40 bits per heavy atom. The van der Waals surface area contributed by atoms with Crippen LogP contribution in [0.2, 0.25) is 0 Å². The summed E-state index contributed by atoms with van der Waals surface area (Å²) in [5.41, 5.74) is 8.39. The number of hydrogen-bond acceptors (Lipinski definition) is 11. The minimum absolute atomic E-state index is 0.00836. The quantitative estimate of drug-likeness (QED) is 0.123. The summed E-state index contributed by atoms with van der Waals surface area (Å²) in [6.45, 7) is 6.92. The van der Waals surface area contributed by atoms with E-state index in [2.05, 4.69) is 15.1 Å². The molecule has 246 valence electrons. The highest BCUT2D eigenvalue weighted by Gasteiger charge is 2.61. The van der Waals surface area contributed by atoms with Gasteiger partial charge in [0.2, 0.25) is 5.95 Å². The van der Waals surface area contributed by atoms with Gasteiger partial charge >= 0.3 is 17.9 Å². The van der Waals surface area contributed by atoms with Gasteiger partial charge in [0.1, 0.15) is 22.9 Å². The largest absolute Gasteiger partial charge is 0.459 e. The smallest absolute Gasteiger partial charge is 0.338 e. The molecular formula is C35H33N5O7S. The topological polar surface area (TPSA) is 160 Å². The molecule has 1 aliphatic rings. The van der Waals surface area contributed by atoms with Crippen LogP contribution in [0.1, 0.15) is 66.6 Å². The molecular weight excluding hydrogens is 634 g/mol. The van der Waals surface area contributed by atoms with Gasteiger partial charge in [-0.2, -0.15) is 0 Å². The van der Waals surface area contributed by atoms with Gasteiger partial charge in [0.25, 0.3) is 0 Å². The van der Waals surface area contributed by atoms with Gasteiger partial charge in [-0.25, -0.2) is 23.9 Å². The third kappa shape index (κ3) is 6.42. The van der Waals surface area contributed by atoms with E-state index >= 15 is 0 Å². The molecule has 0 saturated carbocycles. The highest BCUT2D eigenvalue weighted by molar-refractivity contribution is 7.71. The van der Waals surface area contributed by atoms with Crippen molar-refractivity contribution in [2.45, 2.75) is 51.6 Å². The van der Waals surface area contributed by atoms with Gasteiger partial charge in [-0.15, -0.1) is 5.10 Å². The first-order chi connectivity index (χ1) is 22.9. The highest BCUT2D eigenvalue weighted by atomic mass is 32.1. The molecule has 3 N–H and O–H groups in total. The van der Waals surface area contributed by atoms with Crippen molar-refractivity contribution in [1.82, 2.24) is 19.6 Å². The molecule has 5 aromatic rings. The lowest BCUT2D eigenvalue weighted by Crippen LogP contribution is -2.50. The molecule has 13 heteroatoms. The number of nitrogen functional groups attached to an aromatic ring is 1. The molecule has 3 aromatic carbocycles. The van der Waals surface area contributed by atoms with Crippen molar-refractivity contribution in [3.63, 3.8) is 0 Å². The maximum absolute atomic E-state index is 13.7. The fraction of sp³-hybridized carbons (Fsp3) is 0.257. The number of aryl methyl sites for hydroxylation is 3. The molecule has 48 heavy (non-hydrogen) atoms. The van der Waals surface area contributed by atoms with Crippen molar-refractivity contribution in [2.24, 2.45) is 0 Å². The second-order valence-corrected chi connectivity index (χ2v) is 12.3. The SMILES string of the molecule is Cc1ccc(C(=O)OC[C@H]2O[C@@H](c3ncc4c(=S)[nH]c(N)nn34)[C@](C)(OC(=O)c3ccc(C)cc3)[C@@H]2OC(=O)c2ccc(C)cc2)cc1. The number of anilines is 1. The molecule has 0 radical (unpaired) electrons. The molecule has 1 aliphatic heterocycles. The lowest BCUT2D eigenvalue weighted by molar-refractivity contribution is -0.0907. The van der Waals surface area contributed by atoms with Gasteiger partial charge in [-0.1, -0.05) is 65.3 Å². The van der Waals surface area contributed by atoms with E-state index in [1.54, 1.807) is 79.7 Å². The van der Waals surface area contributed by atoms with Crippen molar-refractivity contribution in [3.8, 4) is 0 Å². The van der Waals surface area contributed by atoms with Crippen LogP contribution in [-0.4, -0.2) is 61.9 Å². The lowest BCUT2D eigenvalue weighted by atomic mass is 9.91. The zero-order valence-corrected chi connectivity index (χ0v) is 27.4. The second-order valence-electron chi connectivity index (χ2n) is 11.9. The Morgan fingerprint density at radius 3 is 1.96 bits per heavy atom. The van der Waals surface area contributed by atoms with Crippen molar-refractivity contribution >= 4 is 41.6 Å². The van der Waals surface area contributed by atoms with E-state index < -0.39 is 41.8 Å². The number of aromatic amines is 1. The third-order valence-electron chi connectivity index (χ3n) is 8.20. The Hall–Kier alpha value is -5.40. The van der Waals surface area contributed by atoms with Crippen molar-refractivity contribution in [3.05, 3.63) is 123 Å². The number of fused-ring (bicyclic) bond motifs is 1. The van der Waals surface area contributed by atoms with Crippen LogP contribution in [0.25, 0.3) is 5.52 Å². The minimum atomic E-state index is -1.73. The minimum Gasteiger partial charge on any atom is -0.459 e. The van der Waals surface area contributed by atoms with Crippen LogP contribution in [0.3, 0.4) is 0 Å². The molecule has 2 aromatic heterocycles. The maximum atomic E-state index is 13.7. The molecule has 0 unspecified atom stereocenters. The Bertz CT molecular complexity index is 2060.